The summed E-state index contributed by atoms with van der Waals surface area (Å²) in [5.74, 6) is -0.492. The summed E-state index contributed by atoms with van der Waals surface area (Å²) < 4.78 is 15.3. The third kappa shape index (κ3) is 4.71. The van der Waals surface area contributed by atoms with Crippen molar-refractivity contribution in [2.75, 3.05) is 13.7 Å². The molecule has 0 aliphatic rings. The van der Waals surface area contributed by atoms with Crippen LogP contribution in [0.25, 0.3) is 6.08 Å². The summed E-state index contributed by atoms with van der Waals surface area (Å²) in [5, 5.41) is 0. The van der Waals surface area contributed by atoms with E-state index in [4.69, 9.17) is 14.2 Å². The molecule has 0 radical (unpaired) electrons. The number of carbonyl (C=O) groups excluding carboxylic acids is 2. The normalized spacial score (nSPS) is 10.4. The van der Waals surface area contributed by atoms with Crippen LogP contribution in [0.2, 0.25) is 0 Å². The highest BCUT2D eigenvalue weighted by molar-refractivity contribution is 5.91. The van der Waals surface area contributed by atoms with Crippen LogP contribution in [0.4, 0.5) is 0 Å². The molecule has 0 saturated carbocycles. The van der Waals surface area contributed by atoms with Crippen LogP contribution >= 0.6 is 0 Å². The summed E-state index contributed by atoms with van der Waals surface area (Å²) in [4.78, 5) is 23.6. The largest absolute Gasteiger partial charge is 0.493 e. The predicted octanol–water partition coefficient (Wildman–Crippen LogP) is 3.49. The summed E-state index contributed by atoms with van der Waals surface area (Å²) in [5.41, 5.74) is 1.22. The molecule has 0 N–H and O–H groups in total. The topological polar surface area (TPSA) is 61.8 Å². The summed E-state index contributed by atoms with van der Waals surface area (Å²) in [6.07, 6.45) is 2.98. The maximum Gasteiger partial charge on any atom is 0.338 e. The lowest BCUT2D eigenvalue weighted by molar-refractivity contribution is -0.129. The minimum Gasteiger partial charge on any atom is -0.493 e. The van der Waals surface area contributed by atoms with Crippen molar-refractivity contribution in [2.45, 2.75) is 6.92 Å². The molecule has 24 heavy (non-hydrogen) atoms. The third-order valence-corrected chi connectivity index (χ3v) is 3.10. The van der Waals surface area contributed by atoms with Gasteiger partial charge in [-0.2, -0.15) is 0 Å². The molecule has 0 unspecified atom stereocenters. The van der Waals surface area contributed by atoms with Crippen molar-refractivity contribution in [3.63, 3.8) is 0 Å². The van der Waals surface area contributed by atoms with Gasteiger partial charge in [-0.05, 0) is 36.8 Å². The first-order valence-corrected chi connectivity index (χ1v) is 7.44. The van der Waals surface area contributed by atoms with E-state index in [1.54, 1.807) is 13.0 Å². The van der Waals surface area contributed by atoms with Crippen LogP contribution in [0.1, 0.15) is 22.8 Å². The molecule has 2 rings (SSSR count). The Hall–Kier alpha value is -3.08. The van der Waals surface area contributed by atoms with Crippen LogP contribution in [0.15, 0.2) is 54.6 Å². The molecule has 5 nitrogen and oxygen atoms in total. The average molecular weight is 326 g/mol. The van der Waals surface area contributed by atoms with Crippen LogP contribution in [-0.2, 0) is 9.53 Å². The van der Waals surface area contributed by atoms with Gasteiger partial charge in [0, 0.05) is 6.08 Å². The molecule has 0 saturated heterocycles. The van der Waals surface area contributed by atoms with Gasteiger partial charge in [-0.15, -0.1) is 0 Å². The number of rotatable bonds is 6. The lowest BCUT2D eigenvalue weighted by atomic mass is 10.2. The van der Waals surface area contributed by atoms with Gasteiger partial charge in [0.1, 0.15) is 0 Å². The van der Waals surface area contributed by atoms with Crippen LogP contribution in [0.3, 0.4) is 0 Å². The van der Waals surface area contributed by atoms with E-state index in [0.717, 1.165) is 5.56 Å². The molecule has 0 fully saturated rings. The molecule has 5 heteroatoms. The Balaban J connectivity index is 2.10. The van der Waals surface area contributed by atoms with E-state index in [9.17, 15) is 9.59 Å². The molecule has 0 atom stereocenters. The predicted molar refractivity (Wildman–Crippen MR) is 90.1 cm³/mol. The van der Waals surface area contributed by atoms with Gasteiger partial charge in [-0.1, -0.05) is 30.3 Å². The Kier molecular flexibility index (Phi) is 6.14. The van der Waals surface area contributed by atoms with Crippen LogP contribution in [-0.4, -0.2) is 25.7 Å². The lowest BCUT2D eigenvalue weighted by Crippen LogP contribution is -2.08. The average Bonchev–Trinajstić information content (AvgIpc) is 2.61. The second-order valence-electron chi connectivity index (χ2n) is 4.75. The molecule has 2 aromatic rings. The summed E-state index contributed by atoms with van der Waals surface area (Å²) in [6, 6.07) is 13.9. The number of hydrogen-bond acceptors (Lipinski definition) is 5. The van der Waals surface area contributed by atoms with Crippen molar-refractivity contribution < 1.29 is 23.8 Å². The first kappa shape index (κ1) is 17.3. The van der Waals surface area contributed by atoms with Gasteiger partial charge in [0.2, 0.25) is 0 Å². The van der Waals surface area contributed by atoms with Gasteiger partial charge in [-0.25, -0.2) is 9.59 Å². The fraction of sp³-hybridized carbons (Fsp3) is 0.158. The van der Waals surface area contributed by atoms with Gasteiger partial charge in [0.25, 0.3) is 0 Å². The second-order valence-corrected chi connectivity index (χ2v) is 4.75. The Bertz CT molecular complexity index is 735. The fourth-order valence-corrected chi connectivity index (χ4v) is 1.96. The van der Waals surface area contributed by atoms with Crippen molar-refractivity contribution in [3.05, 3.63) is 65.7 Å². The second kappa shape index (κ2) is 8.53. The van der Waals surface area contributed by atoms with Gasteiger partial charge in [0.15, 0.2) is 11.5 Å². The van der Waals surface area contributed by atoms with Crippen molar-refractivity contribution in [3.8, 4) is 11.5 Å². The Labute approximate surface area is 140 Å². The van der Waals surface area contributed by atoms with Crippen LogP contribution < -0.4 is 9.47 Å². The minimum atomic E-state index is -0.541. The summed E-state index contributed by atoms with van der Waals surface area (Å²) in [6.45, 7) is 2.01. The van der Waals surface area contributed by atoms with Gasteiger partial charge >= 0.3 is 11.9 Å². The molecule has 0 aliphatic heterocycles. The first-order chi connectivity index (χ1) is 11.6. The van der Waals surface area contributed by atoms with Crippen LogP contribution in [0, 0.1) is 0 Å². The van der Waals surface area contributed by atoms with Crippen molar-refractivity contribution in [1.82, 2.24) is 0 Å². The van der Waals surface area contributed by atoms with Crippen LogP contribution in [0.5, 0.6) is 11.5 Å². The maximum absolute atomic E-state index is 11.9. The third-order valence-electron chi connectivity index (χ3n) is 3.10. The summed E-state index contributed by atoms with van der Waals surface area (Å²) in [7, 11) is 1.43. The fourth-order valence-electron chi connectivity index (χ4n) is 1.96. The molecule has 0 aromatic heterocycles. The van der Waals surface area contributed by atoms with E-state index >= 15 is 0 Å². The molecule has 2 aromatic carbocycles. The van der Waals surface area contributed by atoms with Gasteiger partial charge < -0.3 is 14.2 Å². The Morgan fingerprint density at radius 2 is 1.79 bits per heavy atom. The molecule has 0 spiro atoms. The van der Waals surface area contributed by atoms with E-state index in [-0.39, 0.29) is 18.1 Å². The van der Waals surface area contributed by atoms with Crippen molar-refractivity contribution >= 4 is 18.0 Å². The monoisotopic (exact) mass is 326 g/mol. The van der Waals surface area contributed by atoms with E-state index in [1.165, 1.54) is 31.4 Å². The number of methoxy groups -OCH3 is 1. The molecular formula is C19H18O5. The zero-order valence-electron chi connectivity index (χ0n) is 13.5. The molecular weight excluding hydrogens is 308 g/mol. The quantitative estimate of drug-likeness (QED) is 0.462. The minimum absolute atomic E-state index is 0.230. The van der Waals surface area contributed by atoms with Crippen molar-refractivity contribution in [2.24, 2.45) is 0 Å². The number of ether oxygens (including phenoxy) is 3. The van der Waals surface area contributed by atoms with E-state index in [2.05, 4.69) is 0 Å². The molecule has 0 heterocycles. The standard InChI is InChI=1S/C19H18O5/c1-3-23-19(21)15-10-11-16(17(13-15)22-2)24-18(20)12-9-14-7-5-4-6-8-14/h4-13H,3H2,1-2H3/b12-9-. The molecule has 0 amide bonds. The zero-order chi connectivity index (χ0) is 17.4. The molecule has 0 bridgehead atoms. The highest BCUT2D eigenvalue weighted by atomic mass is 16.6. The maximum atomic E-state index is 11.9. The van der Waals surface area contributed by atoms with Crippen molar-refractivity contribution in [1.29, 1.82) is 0 Å². The summed E-state index contributed by atoms with van der Waals surface area (Å²) >= 11 is 0. The number of benzene rings is 2. The Morgan fingerprint density at radius 3 is 2.46 bits per heavy atom. The lowest BCUT2D eigenvalue weighted by Gasteiger charge is -2.09. The number of hydrogen-bond donors (Lipinski definition) is 0. The van der Waals surface area contributed by atoms with E-state index < -0.39 is 11.9 Å². The van der Waals surface area contributed by atoms with E-state index in [0.29, 0.717) is 5.56 Å². The van der Waals surface area contributed by atoms with E-state index in [1.807, 2.05) is 30.3 Å². The first-order valence-electron chi connectivity index (χ1n) is 7.44. The SMILES string of the molecule is CCOC(=O)c1ccc(OC(=O)/C=C\c2ccccc2)c(OC)c1. The van der Waals surface area contributed by atoms with Gasteiger partial charge in [0.05, 0.1) is 19.3 Å². The smallest absolute Gasteiger partial charge is 0.338 e. The number of esters is 2. The zero-order valence-corrected chi connectivity index (χ0v) is 13.5. The highest BCUT2D eigenvalue weighted by Gasteiger charge is 2.13. The Morgan fingerprint density at radius 1 is 1.04 bits per heavy atom. The van der Waals surface area contributed by atoms with Gasteiger partial charge in [-0.3, -0.25) is 0 Å². The highest BCUT2D eigenvalue weighted by Crippen LogP contribution is 2.28. The molecule has 124 valence electrons. The number of carbonyl (C=O) groups is 2. The molecule has 0 aliphatic carbocycles.